The molecule has 52 heavy (non-hydrogen) atoms. The van der Waals surface area contributed by atoms with Crippen LogP contribution in [0.4, 0.5) is 0 Å². The van der Waals surface area contributed by atoms with Gasteiger partial charge < -0.3 is 29.9 Å². The van der Waals surface area contributed by atoms with E-state index in [4.69, 9.17) is 9.47 Å². The highest BCUT2D eigenvalue weighted by Crippen LogP contribution is 2.41. The topological polar surface area (TPSA) is 134 Å². The van der Waals surface area contributed by atoms with E-state index < -0.39 is 11.9 Å². The van der Waals surface area contributed by atoms with E-state index in [1.807, 2.05) is 24.3 Å². The smallest absolute Gasteiger partial charge is 0.310 e. The number of esters is 2. The molecule has 8 heteroatoms. The summed E-state index contributed by atoms with van der Waals surface area (Å²) in [4.78, 5) is 25.3. The Morgan fingerprint density at radius 3 is 0.923 bits per heavy atom. The minimum atomic E-state index is -0.393. The highest BCUT2D eigenvalue weighted by atomic mass is 16.5. The van der Waals surface area contributed by atoms with Gasteiger partial charge in [0.2, 0.25) is 0 Å². The van der Waals surface area contributed by atoms with Crippen LogP contribution in [-0.2, 0) is 68.4 Å². The molecule has 0 heterocycles. The molecule has 5 rings (SSSR count). The Morgan fingerprint density at radius 1 is 0.481 bits per heavy atom. The molecule has 4 aromatic rings. The lowest BCUT2D eigenvalue weighted by Crippen LogP contribution is -2.14. The van der Waals surface area contributed by atoms with Crippen molar-refractivity contribution < 1.29 is 39.5 Å². The number of phenols is 4. The molecular weight excluding hydrogens is 656 g/mol. The lowest BCUT2D eigenvalue weighted by molar-refractivity contribution is -0.143. The van der Waals surface area contributed by atoms with Gasteiger partial charge in [-0.3, -0.25) is 9.59 Å². The van der Waals surface area contributed by atoms with E-state index in [0.717, 1.165) is 11.1 Å². The van der Waals surface area contributed by atoms with Crippen molar-refractivity contribution in [2.75, 3.05) is 13.2 Å². The first-order valence-corrected chi connectivity index (χ1v) is 18.1. The minimum absolute atomic E-state index is 0.00526. The van der Waals surface area contributed by atoms with Crippen molar-refractivity contribution in [2.24, 2.45) is 0 Å². The third kappa shape index (κ3) is 8.55. The Kier molecular flexibility index (Phi) is 11.0. The number of carbonyl (C=O) groups excluding carboxylic acids is 2. The maximum atomic E-state index is 12.7. The Morgan fingerprint density at radius 2 is 0.712 bits per heavy atom. The Bertz CT molecular complexity index is 1770. The zero-order chi connectivity index (χ0) is 38.1. The third-order valence-electron chi connectivity index (χ3n) is 9.75. The first kappa shape index (κ1) is 38.3. The summed E-state index contributed by atoms with van der Waals surface area (Å²) in [7, 11) is 0. The molecule has 4 N–H and O–H groups in total. The van der Waals surface area contributed by atoms with Gasteiger partial charge in [0.05, 0.1) is 26.1 Å². The molecule has 0 saturated heterocycles. The second-order valence-corrected chi connectivity index (χ2v) is 16.0. The summed E-state index contributed by atoms with van der Waals surface area (Å²) < 4.78 is 10.5. The fourth-order valence-corrected chi connectivity index (χ4v) is 6.91. The van der Waals surface area contributed by atoms with Gasteiger partial charge >= 0.3 is 11.9 Å². The predicted molar refractivity (Wildman–Crippen MR) is 202 cm³/mol. The van der Waals surface area contributed by atoms with Gasteiger partial charge in [-0.2, -0.15) is 0 Å². The standard InChI is InChI=1S/C44H52O8/c1-9-51-37(45)15-25-11-27-17-31-21-35(43(3,4)5)23-33(41(31)49)19-29-13-26(16-38(46)52-10-2)14-30(40(29)48)20-34-24-36(44(6,7)8)22-32(42(34)50)18-28(12-25)39(27)47/h11-14,21-24,47-50H,9-10,15-20H2,1-8H3. The van der Waals surface area contributed by atoms with Gasteiger partial charge in [-0.1, -0.05) is 90.1 Å². The second kappa shape index (κ2) is 14.9. The molecular formula is C44H52O8. The zero-order valence-electron chi connectivity index (χ0n) is 31.7. The van der Waals surface area contributed by atoms with Gasteiger partial charge in [-0.05, 0) is 91.4 Å². The summed E-state index contributed by atoms with van der Waals surface area (Å²) in [6.07, 6.45) is 0.591. The van der Waals surface area contributed by atoms with E-state index in [9.17, 15) is 30.0 Å². The monoisotopic (exact) mass is 708 g/mol. The van der Waals surface area contributed by atoms with Crippen LogP contribution in [0.3, 0.4) is 0 Å². The lowest BCUT2D eigenvalue weighted by Gasteiger charge is -2.25. The number of phenolic OH excluding ortho intramolecular Hbond substituents is 4. The fourth-order valence-electron chi connectivity index (χ4n) is 6.91. The highest BCUT2D eigenvalue weighted by molar-refractivity contribution is 5.74. The van der Waals surface area contributed by atoms with Crippen LogP contribution in [0, 0.1) is 0 Å². The molecule has 0 atom stereocenters. The fraction of sp³-hybridized carbons (Fsp3) is 0.409. The van der Waals surface area contributed by atoms with Gasteiger partial charge in [0.15, 0.2) is 0 Å². The number of hydrogen-bond acceptors (Lipinski definition) is 8. The average molecular weight is 709 g/mol. The van der Waals surface area contributed by atoms with Crippen molar-refractivity contribution in [2.45, 2.75) is 105 Å². The Hall–Kier alpha value is -4.98. The van der Waals surface area contributed by atoms with Gasteiger partial charge in [-0.15, -0.1) is 0 Å². The summed E-state index contributed by atoms with van der Waals surface area (Å²) >= 11 is 0. The number of hydrogen-bond donors (Lipinski definition) is 4. The summed E-state index contributed by atoms with van der Waals surface area (Å²) in [5.74, 6) is -0.672. The van der Waals surface area contributed by atoms with Gasteiger partial charge in [0, 0.05) is 25.7 Å². The normalized spacial score (nSPS) is 13.1. The van der Waals surface area contributed by atoms with Crippen LogP contribution in [-0.4, -0.2) is 45.6 Å². The van der Waals surface area contributed by atoms with Crippen LogP contribution < -0.4 is 0 Å². The van der Waals surface area contributed by atoms with E-state index in [1.54, 1.807) is 38.1 Å². The van der Waals surface area contributed by atoms with E-state index in [0.29, 0.717) is 55.6 Å². The van der Waals surface area contributed by atoms with Crippen LogP contribution in [0.2, 0.25) is 0 Å². The third-order valence-corrected chi connectivity index (χ3v) is 9.75. The molecule has 4 aromatic carbocycles. The van der Waals surface area contributed by atoms with E-state index in [2.05, 4.69) is 41.5 Å². The molecule has 0 aliphatic heterocycles. The average Bonchev–Trinajstić information content (AvgIpc) is 3.03. The van der Waals surface area contributed by atoms with Crippen LogP contribution in [0.1, 0.15) is 122 Å². The summed E-state index contributed by atoms with van der Waals surface area (Å²) in [5, 5.41) is 47.4. The predicted octanol–water partition coefficient (Wildman–Crippen LogP) is 7.99. The molecule has 0 unspecified atom stereocenters. The van der Waals surface area contributed by atoms with Crippen LogP contribution >= 0.6 is 0 Å². The molecule has 0 radical (unpaired) electrons. The lowest BCUT2D eigenvalue weighted by atomic mass is 9.81. The van der Waals surface area contributed by atoms with Gasteiger partial charge in [0.25, 0.3) is 0 Å². The summed E-state index contributed by atoms with van der Waals surface area (Å²) in [6.45, 7) is 16.5. The van der Waals surface area contributed by atoms with Crippen LogP contribution in [0.15, 0.2) is 48.5 Å². The minimum Gasteiger partial charge on any atom is -0.507 e. The zero-order valence-corrected chi connectivity index (χ0v) is 31.7. The molecule has 1 aliphatic carbocycles. The van der Waals surface area contributed by atoms with E-state index in [-0.39, 0.29) is 85.6 Å². The Balaban J connectivity index is 1.82. The van der Waals surface area contributed by atoms with Crippen LogP contribution in [0.25, 0.3) is 0 Å². The van der Waals surface area contributed by atoms with Gasteiger partial charge in [-0.25, -0.2) is 0 Å². The molecule has 8 bridgehead atoms. The number of benzene rings is 4. The molecule has 276 valence electrons. The SMILES string of the molecule is CCOC(=O)Cc1cc2c(O)c(c1)Cc1cc(C(C)(C)C)cc(c1O)Cc1cc(CC(=O)OCC)cc(c1O)Cc1cc(C(C)(C)C)cc(c1O)C2. The number of aromatic hydroxyl groups is 4. The summed E-state index contributed by atoms with van der Waals surface area (Å²) in [5.41, 5.74) is 6.97. The van der Waals surface area contributed by atoms with Crippen molar-refractivity contribution >= 4 is 11.9 Å². The molecule has 8 nitrogen and oxygen atoms in total. The molecule has 0 aromatic heterocycles. The second-order valence-electron chi connectivity index (χ2n) is 16.0. The molecule has 0 amide bonds. The van der Waals surface area contributed by atoms with Crippen molar-refractivity contribution in [3.63, 3.8) is 0 Å². The molecule has 0 fully saturated rings. The number of fused-ring (bicyclic) bond motifs is 8. The van der Waals surface area contributed by atoms with Crippen molar-refractivity contribution in [3.05, 3.63) is 115 Å². The number of carbonyl (C=O) groups is 2. The van der Waals surface area contributed by atoms with Crippen molar-refractivity contribution in [1.29, 1.82) is 0 Å². The summed E-state index contributed by atoms with van der Waals surface area (Å²) in [6, 6.07) is 14.8. The number of rotatable bonds is 6. The molecule has 0 saturated carbocycles. The Labute approximate surface area is 307 Å². The maximum absolute atomic E-state index is 12.7. The molecule has 1 aliphatic rings. The first-order valence-electron chi connectivity index (χ1n) is 18.1. The highest BCUT2D eigenvalue weighted by Gasteiger charge is 2.26. The van der Waals surface area contributed by atoms with E-state index in [1.165, 1.54) is 0 Å². The molecule has 0 spiro atoms. The largest absolute Gasteiger partial charge is 0.507 e. The van der Waals surface area contributed by atoms with Crippen molar-refractivity contribution in [1.82, 2.24) is 0 Å². The van der Waals surface area contributed by atoms with Gasteiger partial charge in [0.1, 0.15) is 23.0 Å². The van der Waals surface area contributed by atoms with E-state index >= 15 is 0 Å². The number of ether oxygens (including phenoxy) is 2. The van der Waals surface area contributed by atoms with Crippen molar-refractivity contribution in [3.8, 4) is 23.0 Å². The first-order chi connectivity index (χ1) is 24.4. The quantitative estimate of drug-likeness (QED) is 0.131. The maximum Gasteiger partial charge on any atom is 0.310 e. The van der Waals surface area contributed by atoms with Crippen LogP contribution in [0.5, 0.6) is 23.0 Å².